The van der Waals surface area contributed by atoms with Gasteiger partial charge in [-0.1, -0.05) is 20.8 Å². The summed E-state index contributed by atoms with van der Waals surface area (Å²) in [5.74, 6) is 0.859. The number of aromatic nitrogens is 2. The second-order valence-corrected chi connectivity index (χ2v) is 6.51. The Hall–Kier alpha value is -0.680. The molecule has 0 aliphatic heterocycles. The molecule has 1 saturated carbocycles. The summed E-state index contributed by atoms with van der Waals surface area (Å²) in [7, 11) is 0. The van der Waals surface area contributed by atoms with Crippen LogP contribution in [0.1, 0.15) is 52.3 Å². The molecule has 2 unspecified atom stereocenters. The SMILES string of the molecule is CC(C)(C)c1nsc(OC2CCCC(N)C2)n1. The van der Waals surface area contributed by atoms with E-state index in [0.717, 1.165) is 31.5 Å². The highest BCUT2D eigenvalue weighted by Crippen LogP contribution is 2.27. The largest absolute Gasteiger partial charge is 0.466 e. The van der Waals surface area contributed by atoms with Crippen molar-refractivity contribution in [1.29, 1.82) is 0 Å². The first-order valence-corrected chi connectivity index (χ1v) is 6.99. The van der Waals surface area contributed by atoms with Gasteiger partial charge in [0, 0.05) is 23.0 Å². The average molecular weight is 255 g/mol. The van der Waals surface area contributed by atoms with Crippen LogP contribution in [0.3, 0.4) is 0 Å². The number of ether oxygens (including phenoxy) is 1. The average Bonchev–Trinajstić information content (AvgIpc) is 2.65. The molecule has 1 heterocycles. The van der Waals surface area contributed by atoms with Gasteiger partial charge in [-0.15, -0.1) is 0 Å². The van der Waals surface area contributed by atoms with Crippen molar-refractivity contribution in [3.05, 3.63) is 5.82 Å². The van der Waals surface area contributed by atoms with E-state index in [0.29, 0.717) is 5.19 Å². The predicted octanol–water partition coefficient (Wildman–Crippen LogP) is 2.48. The van der Waals surface area contributed by atoms with Crippen molar-refractivity contribution in [2.24, 2.45) is 5.73 Å². The molecule has 1 aliphatic carbocycles. The van der Waals surface area contributed by atoms with Crippen LogP contribution in [0.2, 0.25) is 0 Å². The third-order valence-corrected chi connectivity index (χ3v) is 3.62. The molecule has 96 valence electrons. The molecule has 1 aromatic rings. The van der Waals surface area contributed by atoms with Crippen LogP contribution in [-0.2, 0) is 5.41 Å². The minimum absolute atomic E-state index is 0.0128. The Balaban J connectivity index is 1.97. The second kappa shape index (κ2) is 4.90. The van der Waals surface area contributed by atoms with Crippen molar-refractivity contribution >= 4 is 11.5 Å². The fraction of sp³-hybridized carbons (Fsp3) is 0.833. The number of nitrogens with zero attached hydrogens (tertiary/aromatic N) is 2. The van der Waals surface area contributed by atoms with Gasteiger partial charge in [0.2, 0.25) is 0 Å². The zero-order chi connectivity index (χ0) is 12.5. The van der Waals surface area contributed by atoms with Gasteiger partial charge in [-0.25, -0.2) is 0 Å². The molecule has 2 atom stereocenters. The Morgan fingerprint density at radius 1 is 1.35 bits per heavy atom. The highest BCUT2D eigenvalue weighted by molar-refractivity contribution is 7.07. The van der Waals surface area contributed by atoms with Crippen molar-refractivity contribution < 1.29 is 4.74 Å². The standard InChI is InChI=1S/C12H21N3OS/c1-12(2,3)10-14-11(17-15-10)16-9-6-4-5-8(13)7-9/h8-9H,4-7,13H2,1-3H3. The van der Waals surface area contributed by atoms with Crippen molar-refractivity contribution in [2.45, 2.75) is 64.0 Å². The van der Waals surface area contributed by atoms with E-state index in [-0.39, 0.29) is 17.6 Å². The van der Waals surface area contributed by atoms with E-state index in [1.165, 1.54) is 11.5 Å². The normalized spacial score (nSPS) is 25.9. The molecule has 1 aromatic heterocycles. The van der Waals surface area contributed by atoms with E-state index in [9.17, 15) is 0 Å². The van der Waals surface area contributed by atoms with Crippen LogP contribution in [0.5, 0.6) is 5.19 Å². The molecule has 0 radical (unpaired) electrons. The lowest BCUT2D eigenvalue weighted by Gasteiger charge is -2.25. The zero-order valence-corrected chi connectivity index (χ0v) is 11.6. The molecule has 1 fully saturated rings. The van der Waals surface area contributed by atoms with Crippen LogP contribution >= 0.6 is 11.5 Å². The number of hydrogen-bond donors (Lipinski definition) is 1. The Kier molecular flexibility index (Phi) is 3.68. The summed E-state index contributed by atoms with van der Waals surface area (Å²) in [4.78, 5) is 4.45. The molecule has 0 aromatic carbocycles. The fourth-order valence-corrected chi connectivity index (χ4v) is 2.78. The lowest BCUT2D eigenvalue weighted by Crippen LogP contribution is -2.33. The molecule has 2 rings (SSSR count). The Morgan fingerprint density at radius 2 is 2.12 bits per heavy atom. The molecule has 0 spiro atoms. The minimum atomic E-state index is -0.0128. The van der Waals surface area contributed by atoms with Gasteiger partial charge < -0.3 is 10.5 Å². The van der Waals surface area contributed by atoms with E-state index < -0.39 is 0 Å². The van der Waals surface area contributed by atoms with Gasteiger partial charge in [-0.2, -0.15) is 9.36 Å². The first kappa shape index (κ1) is 12.8. The fourth-order valence-electron chi connectivity index (χ4n) is 1.99. The number of nitrogens with two attached hydrogens (primary N) is 1. The van der Waals surface area contributed by atoms with Gasteiger partial charge >= 0.3 is 0 Å². The van der Waals surface area contributed by atoms with Crippen LogP contribution in [0.25, 0.3) is 0 Å². The van der Waals surface area contributed by atoms with Crippen molar-refractivity contribution in [3.63, 3.8) is 0 Å². The maximum atomic E-state index is 5.94. The second-order valence-electron chi connectivity index (χ2n) is 5.80. The van der Waals surface area contributed by atoms with Gasteiger partial charge in [0.15, 0.2) is 5.82 Å². The Morgan fingerprint density at radius 3 is 2.71 bits per heavy atom. The Labute approximate surface area is 107 Å². The smallest absolute Gasteiger partial charge is 0.293 e. The van der Waals surface area contributed by atoms with Gasteiger partial charge in [-0.3, -0.25) is 0 Å². The summed E-state index contributed by atoms with van der Waals surface area (Å²) >= 11 is 1.35. The molecule has 4 nitrogen and oxygen atoms in total. The molecule has 5 heteroatoms. The van der Waals surface area contributed by atoms with Crippen LogP contribution in [0.15, 0.2) is 0 Å². The molecule has 1 aliphatic rings. The maximum absolute atomic E-state index is 5.94. The van der Waals surface area contributed by atoms with Crippen LogP contribution < -0.4 is 10.5 Å². The van der Waals surface area contributed by atoms with E-state index in [1.54, 1.807) is 0 Å². The molecule has 0 amide bonds. The topological polar surface area (TPSA) is 61.0 Å². The molecule has 0 bridgehead atoms. The lowest BCUT2D eigenvalue weighted by atomic mass is 9.94. The van der Waals surface area contributed by atoms with E-state index >= 15 is 0 Å². The van der Waals surface area contributed by atoms with Gasteiger partial charge in [-0.05, 0) is 25.7 Å². The quantitative estimate of drug-likeness (QED) is 0.882. The summed E-state index contributed by atoms with van der Waals surface area (Å²) in [6.07, 6.45) is 4.50. The predicted molar refractivity (Wildman–Crippen MR) is 69.5 cm³/mol. The van der Waals surface area contributed by atoms with Crippen molar-refractivity contribution in [3.8, 4) is 5.19 Å². The first-order chi connectivity index (χ1) is 7.95. The zero-order valence-electron chi connectivity index (χ0n) is 10.8. The van der Waals surface area contributed by atoms with Gasteiger partial charge in [0.05, 0.1) is 0 Å². The van der Waals surface area contributed by atoms with E-state index in [1.807, 2.05) is 0 Å². The van der Waals surface area contributed by atoms with Crippen molar-refractivity contribution in [1.82, 2.24) is 9.36 Å². The van der Waals surface area contributed by atoms with Crippen LogP contribution in [0.4, 0.5) is 0 Å². The molecule has 17 heavy (non-hydrogen) atoms. The summed E-state index contributed by atoms with van der Waals surface area (Å²) in [6, 6.07) is 0.281. The van der Waals surface area contributed by atoms with E-state index in [2.05, 4.69) is 30.1 Å². The van der Waals surface area contributed by atoms with Crippen molar-refractivity contribution in [2.75, 3.05) is 0 Å². The third-order valence-electron chi connectivity index (χ3n) is 3.01. The summed E-state index contributed by atoms with van der Waals surface area (Å²) in [6.45, 7) is 6.32. The Bertz CT molecular complexity index is 372. The van der Waals surface area contributed by atoms with Gasteiger partial charge in [0.1, 0.15) is 6.10 Å². The maximum Gasteiger partial charge on any atom is 0.293 e. The molecule has 2 N–H and O–H groups in total. The summed E-state index contributed by atoms with van der Waals surface area (Å²) < 4.78 is 10.2. The molecular weight excluding hydrogens is 234 g/mol. The summed E-state index contributed by atoms with van der Waals surface area (Å²) in [5, 5.41) is 0.689. The summed E-state index contributed by atoms with van der Waals surface area (Å²) in [5.41, 5.74) is 5.93. The highest BCUT2D eigenvalue weighted by Gasteiger charge is 2.24. The molecular formula is C12H21N3OS. The highest BCUT2D eigenvalue weighted by atomic mass is 32.1. The first-order valence-electron chi connectivity index (χ1n) is 6.21. The minimum Gasteiger partial charge on any atom is -0.466 e. The van der Waals surface area contributed by atoms with Crippen LogP contribution in [0, 0.1) is 0 Å². The third kappa shape index (κ3) is 3.39. The van der Waals surface area contributed by atoms with Gasteiger partial charge in [0.25, 0.3) is 5.19 Å². The molecule has 0 saturated heterocycles. The lowest BCUT2D eigenvalue weighted by molar-refractivity contribution is 0.143. The van der Waals surface area contributed by atoms with Crippen LogP contribution in [-0.4, -0.2) is 21.5 Å². The van der Waals surface area contributed by atoms with E-state index in [4.69, 9.17) is 10.5 Å². The number of rotatable bonds is 2. The number of hydrogen-bond acceptors (Lipinski definition) is 5. The monoisotopic (exact) mass is 255 g/mol.